The molecule has 0 aliphatic rings. The Labute approximate surface area is 273 Å². The van der Waals surface area contributed by atoms with Crippen molar-refractivity contribution in [1.29, 1.82) is 0 Å². The van der Waals surface area contributed by atoms with E-state index in [1.54, 1.807) is 20.8 Å². The molecule has 5 atom stereocenters. The van der Waals surface area contributed by atoms with E-state index in [0.717, 1.165) is 5.56 Å². The third kappa shape index (κ3) is 12.1. The standard InChI is InChI=1S/C33H54N6O7/c1-11-25(34)31(43)37(8)18-27(40)39(10)26(17-20(2)3)30(42)36-28(21(4)5)32(44)38(9)23(7)29(41)35-22(6)33(45)46-19-24-15-13-12-14-16-24/h12-16,20-23,25-26,28H,11,17-19,34H2,1-10H3,(H,35,41)(H,36,42)/t22-,23-,25?,26-,28?/m0/s1. The number of likely N-dealkylation sites (N-methyl/N-ethyl adjacent to an activating group) is 3. The first-order valence-electron chi connectivity index (χ1n) is 15.8. The molecule has 0 saturated carbocycles. The van der Waals surface area contributed by atoms with E-state index >= 15 is 0 Å². The van der Waals surface area contributed by atoms with Crippen LogP contribution in [-0.4, -0.2) is 108 Å². The molecular weight excluding hydrogens is 592 g/mol. The number of hydrogen-bond acceptors (Lipinski definition) is 8. The number of nitrogens with zero attached hydrogens (tertiary/aromatic N) is 3. The van der Waals surface area contributed by atoms with Crippen molar-refractivity contribution in [3.05, 3.63) is 35.9 Å². The lowest BCUT2D eigenvalue weighted by Crippen LogP contribution is -2.59. The molecule has 0 spiro atoms. The van der Waals surface area contributed by atoms with Gasteiger partial charge in [0.2, 0.25) is 29.5 Å². The minimum absolute atomic E-state index is 0.0276. The zero-order valence-electron chi connectivity index (χ0n) is 29.0. The summed E-state index contributed by atoms with van der Waals surface area (Å²) >= 11 is 0. The Morgan fingerprint density at radius 3 is 1.93 bits per heavy atom. The Morgan fingerprint density at radius 1 is 0.826 bits per heavy atom. The number of nitrogens with one attached hydrogen (secondary N) is 2. The highest BCUT2D eigenvalue weighted by molar-refractivity contribution is 5.95. The van der Waals surface area contributed by atoms with Crippen LogP contribution in [0.1, 0.15) is 66.9 Å². The maximum absolute atomic E-state index is 13.6. The highest BCUT2D eigenvalue weighted by atomic mass is 16.5. The normalized spacial score (nSPS) is 14.4. The highest BCUT2D eigenvalue weighted by Crippen LogP contribution is 2.15. The Bertz CT molecular complexity index is 1190. The third-order valence-corrected chi connectivity index (χ3v) is 7.84. The molecule has 0 aliphatic carbocycles. The number of carbonyl (C=O) groups excluding carboxylic acids is 6. The van der Waals surface area contributed by atoms with Gasteiger partial charge >= 0.3 is 5.97 Å². The summed E-state index contributed by atoms with van der Waals surface area (Å²) in [6.45, 7) is 11.9. The predicted octanol–water partition coefficient (Wildman–Crippen LogP) is 1.29. The first-order valence-corrected chi connectivity index (χ1v) is 15.8. The van der Waals surface area contributed by atoms with Crippen molar-refractivity contribution in [1.82, 2.24) is 25.3 Å². The molecule has 5 amide bonds. The topological polar surface area (TPSA) is 171 Å². The third-order valence-electron chi connectivity index (χ3n) is 7.84. The van der Waals surface area contributed by atoms with Crippen molar-refractivity contribution < 1.29 is 33.5 Å². The molecule has 1 aromatic carbocycles. The van der Waals surface area contributed by atoms with Gasteiger partial charge in [-0.15, -0.1) is 0 Å². The number of rotatable bonds is 17. The first kappa shape index (κ1) is 40.0. The Balaban J connectivity index is 2.95. The Morgan fingerprint density at radius 2 is 1.41 bits per heavy atom. The SMILES string of the molecule is CCC(N)C(=O)N(C)CC(=O)N(C)[C@@H](CC(C)C)C(=O)NC(C(=O)N(C)[C@@H](C)C(=O)N[C@@H](C)C(=O)OCc1ccccc1)C(C)C. The summed E-state index contributed by atoms with van der Waals surface area (Å²) in [5, 5.41) is 5.38. The van der Waals surface area contributed by atoms with E-state index in [1.807, 2.05) is 44.2 Å². The number of nitrogens with two attached hydrogens (primary N) is 1. The van der Waals surface area contributed by atoms with E-state index in [0.29, 0.717) is 12.8 Å². The second-order valence-electron chi connectivity index (χ2n) is 12.5. The van der Waals surface area contributed by atoms with Gasteiger partial charge in [-0.2, -0.15) is 0 Å². The van der Waals surface area contributed by atoms with E-state index < -0.39 is 59.8 Å². The highest BCUT2D eigenvalue weighted by Gasteiger charge is 2.36. The number of ether oxygens (including phenoxy) is 1. The zero-order valence-corrected chi connectivity index (χ0v) is 29.0. The van der Waals surface area contributed by atoms with E-state index in [1.165, 1.54) is 49.7 Å². The molecular formula is C33H54N6O7. The summed E-state index contributed by atoms with van der Waals surface area (Å²) in [6.07, 6.45) is 0.734. The predicted molar refractivity (Wildman–Crippen MR) is 175 cm³/mol. The maximum Gasteiger partial charge on any atom is 0.328 e. The number of hydrogen-bond donors (Lipinski definition) is 3. The molecule has 0 aromatic heterocycles. The lowest BCUT2D eigenvalue weighted by atomic mass is 9.98. The van der Waals surface area contributed by atoms with Crippen molar-refractivity contribution >= 4 is 35.5 Å². The van der Waals surface area contributed by atoms with Crippen molar-refractivity contribution in [2.45, 2.75) is 98.1 Å². The zero-order chi connectivity index (χ0) is 35.3. The van der Waals surface area contributed by atoms with Crippen molar-refractivity contribution in [2.75, 3.05) is 27.7 Å². The van der Waals surface area contributed by atoms with Gasteiger partial charge in [0, 0.05) is 21.1 Å². The second-order valence-corrected chi connectivity index (χ2v) is 12.5. The summed E-state index contributed by atoms with van der Waals surface area (Å²) in [5.74, 6) is -3.40. The Hall–Kier alpha value is -4.00. The van der Waals surface area contributed by atoms with E-state index in [-0.39, 0.29) is 30.9 Å². The summed E-state index contributed by atoms with van der Waals surface area (Å²) in [4.78, 5) is 82.0. The van der Waals surface area contributed by atoms with Crippen LogP contribution in [0.2, 0.25) is 0 Å². The molecule has 0 aliphatic heterocycles. The molecule has 2 unspecified atom stereocenters. The Kier molecular flexibility index (Phi) is 16.4. The van der Waals surface area contributed by atoms with Gasteiger partial charge in [-0.3, -0.25) is 24.0 Å². The fourth-order valence-corrected chi connectivity index (χ4v) is 4.51. The van der Waals surface area contributed by atoms with Crippen LogP contribution in [-0.2, 0) is 40.1 Å². The molecule has 258 valence electrons. The largest absolute Gasteiger partial charge is 0.459 e. The number of carbonyl (C=O) groups is 6. The monoisotopic (exact) mass is 646 g/mol. The van der Waals surface area contributed by atoms with Crippen molar-refractivity contribution in [3.63, 3.8) is 0 Å². The van der Waals surface area contributed by atoms with Crippen molar-refractivity contribution in [3.8, 4) is 0 Å². The molecule has 1 aromatic rings. The van der Waals surface area contributed by atoms with Gasteiger partial charge in [-0.25, -0.2) is 4.79 Å². The molecule has 0 heterocycles. The van der Waals surface area contributed by atoms with Crippen LogP contribution in [0.5, 0.6) is 0 Å². The molecule has 0 saturated heterocycles. The number of benzene rings is 1. The van der Waals surface area contributed by atoms with Crippen LogP contribution in [0.15, 0.2) is 30.3 Å². The van der Waals surface area contributed by atoms with Gasteiger partial charge in [-0.1, -0.05) is 65.0 Å². The first-order chi connectivity index (χ1) is 21.4. The van der Waals surface area contributed by atoms with Gasteiger partial charge in [-0.05, 0) is 44.1 Å². The fraction of sp³-hybridized carbons (Fsp3) is 0.636. The average molecular weight is 647 g/mol. The minimum Gasteiger partial charge on any atom is -0.459 e. The lowest BCUT2D eigenvalue weighted by molar-refractivity contribution is -0.150. The average Bonchev–Trinajstić information content (AvgIpc) is 3.02. The molecule has 0 fully saturated rings. The summed E-state index contributed by atoms with van der Waals surface area (Å²) in [5.41, 5.74) is 6.63. The molecule has 4 N–H and O–H groups in total. The number of esters is 1. The second kappa shape index (κ2) is 18.8. The van der Waals surface area contributed by atoms with Gasteiger partial charge in [0.15, 0.2) is 0 Å². The van der Waals surface area contributed by atoms with Crippen molar-refractivity contribution in [2.24, 2.45) is 17.6 Å². The summed E-state index contributed by atoms with van der Waals surface area (Å²) in [7, 11) is 4.42. The van der Waals surface area contributed by atoms with Crippen LogP contribution >= 0.6 is 0 Å². The quantitative estimate of drug-likeness (QED) is 0.213. The minimum atomic E-state index is -1.01. The van der Waals surface area contributed by atoms with Gasteiger partial charge in [0.05, 0.1) is 12.6 Å². The lowest BCUT2D eigenvalue weighted by Gasteiger charge is -2.34. The molecule has 13 nitrogen and oxygen atoms in total. The number of amides is 5. The van der Waals surface area contributed by atoms with Gasteiger partial charge in [0.1, 0.15) is 30.8 Å². The maximum atomic E-state index is 13.6. The van der Waals surface area contributed by atoms with Crippen LogP contribution in [0.25, 0.3) is 0 Å². The molecule has 1 rings (SSSR count). The van der Waals surface area contributed by atoms with E-state index in [4.69, 9.17) is 10.5 Å². The van der Waals surface area contributed by atoms with Gasteiger partial charge in [0.25, 0.3) is 0 Å². The van der Waals surface area contributed by atoms with Crippen LogP contribution in [0.4, 0.5) is 0 Å². The molecule has 0 radical (unpaired) electrons. The van der Waals surface area contributed by atoms with Crippen LogP contribution < -0.4 is 16.4 Å². The van der Waals surface area contributed by atoms with E-state index in [2.05, 4.69) is 10.6 Å². The van der Waals surface area contributed by atoms with Crippen LogP contribution in [0.3, 0.4) is 0 Å². The summed E-state index contributed by atoms with van der Waals surface area (Å²) in [6, 6.07) is 4.54. The smallest absolute Gasteiger partial charge is 0.328 e. The molecule has 0 bridgehead atoms. The fourth-order valence-electron chi connectivity index (χ4n) is 4.51. The van der Waals surface area contributed by atoms with E-state index in [9.17, 15) is 28.8 Å². The molecule has 13 heteroatoms. The van der Waals surface area contributed by atoms with Crippen LogP contribution in [0, 0.1) is 11.8 Å². The summed E-state index contributed by atoms with van der Waals surface area (Å²) < 4.78 is 5.29. The van der Waals surface area contributed by atoms with Gasteiger partial charge < -0.3 is 35.8 Å². The molecule has 46 heavy (non-hydrogen) atoms.